The van der Waals surface area contributed by atoms with Crippen LogP contribution in [0.25, 0.3) is 0 Å². The van der Waals surface area contributed by atoms with Crippen LogP contribution in [-0.2, 0) is 6.42 Å². The van der Waals surface area contributed by atoms with Gasteiger partial charge >= 0.3 is 0 Å². The van der Waals surface area contributed by atoms with Gasteiger partial charge in [0.1, 0.15) is 0 Å². The summed E-state index contributed by atoms with van der Waals surface area (Å²) in [7, 11) is 0. The zero-order valence-corrected chi connectivity index (χ0v) is 12.6. The SMILES string of the molecule is Cc1cccc(C)c1C(=O)N[C@H]1CCCc2ccccc21. The molecule has 1 N–H and O–H groups in total. The van der Waals surface area contributed by atoms with Crippen LogP contribution in [-0.4, -0.2) is 5.91 Å². The molecule has 0 bridgehead atoms. The van der Waals surface area contributed by atoms with E-state index in [9.17, 15) is 4.79 Å². The van der Waals surface area contributed by atoms with E-state index >= 15 is 0 Å². The Balaban J connectivity index is 1.86. The van der Waals surface area contributed by atoms with Crippen molar-refractivity contribution in [1.82, 2.24) is 5.32 Å². The first-order valence-electron chi connectivity index (χ1n) is 7.61. The summed E-state index contributed by atoms with van der Waals surface area (Å²) in [4.78, 5) is 12.7. The van der Waals surface area contributed by atoms with Crippen molar-refractivity contribution in [1.29, 1.82) is 0 Å². The monoisotopic (exact) mass is 279 g/mol. The molecule has 0 aromatic heterocycles. The van der Waals surface area contributed by atoms with Crippen molar-refractivity contribution in [2.75, 3.05) is 0 Å². The smallest absolute Gasteiger partial charge is 0.252 e. The first-order chi connectivity index (χ1) is 10.2. The molecule has 1 amide bonds. The van der Waals surface area contributed by atoms with Crippen molar-refractivity contribution in [2.24, 2.45) is 0 Å². The van der Waals surface area contributed by atoms with Crippen LogP contribution in [0, 0.1) is 13.8 Å². The zero-order chi connectivity index (χ0) is 14.8. The van der Waals surface area contributed by atoms with Crippen molar-refractivity contribution in [3.63, 3.8) is 0 Å². The number of aryl methyl sites for hydroxylation is 3. The van der Waals surface area contributed by atoms with E-state index < -0.39 is 0 Å². The van der Waals surface area contributed by atoms with E-state index in [-0.39, 0.29) is 11.9 Å². The normalized spacial score (nSPS) is 17.1. The number of nitrogens with one attached hydrogen (secondary N) is 1. The van der Waals surface area contributed by atoms with Gasteiger partial charge in [-0.1, -0.05) is 42.5 Å². The molecule has 1 aliphatic carbocycles. The number of hydrogen-bond donors (Lipinski definition) is 1. The van der Waals surface area contributed by atoms with Crippen molar-refractivity contribution in [3.8, 4) is 0 Å². The third-order valence-corrected chi connectivity index (χ3v) is 4.38. The summed E-state index contributed by atoms with van der Waals surface area (Å²) in [6.45, 7) is 3.99. The number of amides is 1. The second-order valence-corrected chi connectivity index (χ2v) is 5.88. The van der Waals surface area contributed by atoms with Gasteiger partial charge in [0.15, 0.2) is 0 Å². The van der Waals surface area contributed by atoms with Gasteiger partial charge in [-0.2, -0.15) is 0 Å². The van der Waals surface area contributed by atoms with E-state index in [1.807, 2.05) is 32.0 Å². The molecule has 0 saturated heterocycles. The first kappa shape index (κ1) is 13.9. The van der Waals surface area contributed by atoms with E-state index in [0.717, 1.165) is 36.0 Å². The zero-order valence-electron chi connectivity index (χ0n) is 12.6. The van der Waals surface area contributed by atoms with E-state index in [4.69, 9.17) is 0 Å². The lowest BCUT2D eigenvalue weighted by atomic mass is 9.87. The number of fused-ring (bicyclic) bond motifs is 1. The molecule has 1 atom stereocenters. The van der Waals surface area contributed by atoms with Gasteiger partial charge in [-0.15, -0.1) is 0 Å². The molecule has 0 aliphatic heterocycles. The Morgan fingerprint density at radius 2 is 1.76 bits per heavy atom. The molecular formula is C19H21NO. The molecule has 2 aromatic rings. The highest BCUT2D eigenvalue weighted by atomic mass is 16.1. The predicted molar refractivity (Wildman–Crippen MR) is 85.5 cm³/mol. The Bertz CT molecular complexity index is 655. The van der Waals surface area contributed by atoms with Crippen LogP contribution >= 0.6 is 0 Å². The standard InChI is InChI=1S/C19H21NO/c1-13-7-5-8-14(2)18(13)19(21)20-17-12-6-10-15-9-3-4-11-16(15)17/h3-5,7-9,11,17H,6,10,12H2,1-2H3,(H,20,21)/t17-/m0/s1. The molecule has 0 fully saturated rings. The van der Waals surface area contributed by atoms with Gasteiger partial charge in [0, 0.05) is 5.56 Å². The highest BCUT2D eigenvalue weighted by Crippen LogP contribution is 2.30. The minimum Gasteiger partial charge on any atom is -0.345 e. The maximum atomic E-state index is 12.7. The van der Waals surface area contributed by atoms with Gasteiger partial charge in [0.05, 0.1) is 6.04 Å². The number of carbonyl (C=O) groups is 1. The molecule has 1 aliphatic rings. The van der Waals surface area contributed by atoms with Crippen LogP contribution in [0.3, 0.4) is 0 Å². The van der Waals surface area contributed by atoms with Crippen LogP contribution in [0.15, 0.2) is 42.5 Å². The maximum Gasteiger partial charge on any atom is 0.252 e. The quantitative estimate of drug-likeness (QED) is 0.880. The molecule has 0 spiro atoms. The van der Waals surface area contributed by atoms with Gasteiger partial charge in [0.2, 0.25) is 0 Å². The molecule has 2 heteroatoms. The fraction of sp³-hybridized carbons (Fsp3) is 0.316. The van der Waals surface area contributed by atoms with Crippen molar-refractivity contribution in [2.45, 2.75) is 39.2 Å². The van der Waals surface area contributed by atoms with E-state index in [1.54, 1.807) is 0 Å². The van der Waals surface area contributed by atoms with Crippen molar-refractivity contribution >= 4 is 5.91 Å². The molecule has 0 unspecified atom stereocenters. The molecular weight excluding hydrogens is 258 g/mol. The third-order valence-electron chi connectivity index (χ3n) is 4.38. The van der Waals surface area contributed by atoms with Gasteiger partial charge in [-0.25, -0.2) is 0 Å². The lowest BCUT2D eigenvalue weighted by Crippen LogP contribution is -2.31. The Hall–Kier alpha value is -2.09. The van der Waals surface area contributed by atoms with Crippen LogP contribution in [0.5, 0.6) is 0 Å². The summed E-state index contributed by atoms with van der Waals surface area (Å²) in [6.07, 6.45) is 3.27. The average molecular weight is 279 g/mol. The lowest BCUT2D eigenvalue weighted by Gasteiger charge is -2.27. The number of benzene rings is 2. The van der Waals surface area contributed by atoms with Crippen LogP contribution in [0.4, 0.5) is 0 Å². The topological polar surface area (TPSA) is 29.1 Å². The summed E-state index contributed by atoms with van der Waals surface area (Å²) < 4.78 is 0. The number of carbonyl (C=O) groups excluding carboxylic acids is 1. The summed E-state index contributed by atoms with van der Waals surface area (Å²) in [5, 5.41) is 3.23. The second-order valence-electron chi connectivity index (χ2n) is 5.88. The Morgan fingerprint density at radius 3 is 2.52 bits per heavy atom. The number of hydrogen-bond acceptors (Lipinski definition) is 1. The van der Waals surface area contributed by atoms with Crippen molar-refractivity contribution in [3.05, 3.63) is 70.3 Å². The summed E-state index contributed by atoms with van der Waals surface area (Å²) in [5.41, 5.74) is 5.55. The van der Waals surface area contributed by atoms with Crippen LogP contribution in [0.1, 0.15) is 51.5 Å². The van der Waals surface area contributed by atoms with E-state index in [0.29, 0.717) is 0 Å². The minimum atomic E-state index is 0.0484. The largest absolute Gasteiger partial charge is 0.345 e. The number of rotatable bonds is 2. The first-order valence-corrected chi connectivity index (χ1v) is 7.61. The summed E-state index contributed by atoms with van der Waals surface area (Å²) >= 11 is 0. The van der Waals surface area contributed by atoms with E-state index in [2.05, 4.69) is 29.6 Å². The highest BCUT2D eigenvalue weighted by molar-refractivity contribution is 5.97. The summed E-state index contributed by atoms with van der Waals surface area (Å²) in [6, 6.07) is 14.6. The molecule has 3 rings (SSSR count). The van der Waals surface area contributed by atoms with E-state index in [1.165, 1.54) is 11.1 Å². The molecule has 2 aromatic carbocycles. The molecule has 0 radical (unpaired) electrons. The summed E-state index contributed by atoms with van der Waals surface area (Å²) in [5.74, 6) is 0.0484. The Labute approximate surface area is 126 Å². The van der Waals surface area contributed by atoms with Gasteiger partial charge in [0.25, 0.3) is 5.91 Å². The van der Waals surface area contributed by atoms with Gasteiger partial charge in [-0.3, -0.25) is 4.79 Å². The average Bonchev–Trinajstić information content (AvgIpc) is 2.47. The molecule has 108 valence electrons. The Kier molecular flexibility index (Phi) is 3.78. The lowest BCUT2D eigenvalue weighted by molar-refractivity contribution is 0.0931. The second kappa shape index (κ2) is 5.72. The fourth-order valence-electron chi connectivity index (χ4n) is 3.31. The fourth-order valence-corrected chi connectivity index (χ4v) is 3.31. The van der Waals surface area contributed by atoms with Gasteiger partial charge < -0.3 is 5.32 Å². The third kappa shape index (κ3) is 2.71. The minimum absolute atomic E-state index is 0.0484. The van der Waals surface area contributed by atoms with Crippen LogP contribution < -0.4 is 5.32 Å². The molecule has 0 heterocycles. The highest BCUT2D eigenvalue weighted by Gasteiger charge is 2.22. The maximum absolute atomic E-state index is 12.7. The molecule has 0 saturated carbocycles. The molecule has 21 heavy (non-hydrogen) atoms. The molecule has 2 nitrogen and oxygen atoms in total. The predicted octanol–water partition coefficient (Wildman–Crippen LogP) is 4.11. The van der Waals surface area contributed by atoms with Crippen LogP contribution in [0.2, 0.25) is 0 Å². The Morgan fingerprint density at radius 1 is 1.05 bits per heavy atom. The van der Waals surface area contributed by atoms with Gasteiger partial charge in [-0.05, 0) is 55.4 Å². The van der Waals surface area contributed by atoms with Crippen molar-refractivity contribution < 1.29 is 4.79 Å².